The van der Waals surface area contributed by atoms with E-state index in [9.17, 15) is 4.21 Å². The molecule has 0 unspecified atom stereocenters. The minimum Gasteiger partial charge on any atom is -0.472 e. The molecule has 0 radical (unpaired) electrons. The fourth-order valence-corrected chi connectivity index (χ4v) is 0.743. The second kappa shape index (κ2) is 2.57. The molecule has 1 aromatic rings. The lowest BCUT2D eigenvalue weighted by atomic mass is 10.4. The molecule has 0 aromatic carbocycles. The first-order valence-electron chi connectivity index (χ1n) is 2.19. The van der Waals surface area contributed by atoms with Crippen LogP contribution in [0.15, 0.2) is 23.0 Å². The van der Waals surface area contributed by atoms with Gasteiger partial charge in [0.25, 0.3) is 5.75 Å². The van der Waals surface area contributed by atoms with Gasteiger partial charge >= 0.3 is 11.7 Å². The Morgan fingerprint density at radius 2 is 2.62 bits per heavy atom. The van der Waals surface area contributed by atoms with Gasteiger partial charge in [-0.2, -0.15) is 0 Å². The first kappa shape index (κ1) is 5.44. The summed E-state index contributed by atoms with van der Waals surface area (Å²) >= 11 is 0.549. The molecule has 42 valence electrons. The van der Waals surface area contributed by atoms with Crippen molar-refractivity contribution in [1.82, 2.24) is 0 Å². The highest BCUT2D eigenvalue weighted by Crippen LogP contribution is 1.98. The second-order valence-corrected chi connectivity index (χ2v) is 1.92. The molecular weight excluding hydrogens is 124 g/mol. The van der Waals surface area contributed by atoms with Crippen LogP contribution in [0.2, 0.25) is 0 Å². The molecule has 0 atom stereocenters. The maximum atomic E-state index is 9.87. The third-order valence-corrected chi connectivity index (χ3v) is 1.26. The summed E-state index contributed by atoms with van der Waals surface area (Å²) in [4.78, 5) is 0. The Morgan fingerprint density at radius 3 is 3.12 bits per heavy atom. The predicted octanol–water partition coefficient (Wildman–Crippen LogP) is 1.21. The van der Waals surface area contributed by atoms with Gasteiger partial charge in [0.15, 0.2) is 0 Å². The van der Waals surface area contributed by atoms with Gasteiger partial charge in [-0.25, -0.2) is 0 Å². The summed E-state index contributed by atoms with van der Waals surface area (Å²) in [5, 5.41) is 0. The Hall–Kier alpha value is -0.700. The van der Waals surface area contributed by atoms with Gasteiger partial charge in [0, 0.05) is 4.21 Å². The zero-order chi connectivity index (χ0) is 5.82. The topological polar surface area (TPSA) is 30.2 Å². The van der Waals surface area contributed by atoms with Crippen LogP contribution in [-0.2, 0) is 21.6 Å². The molecule has 2 nitrogen and oxygen atoms in total. The van der Waals surface area contributed by atoms with Crippen molar-refractivity contribution in [3.8, 4) is 0 Å². The van der Waals surface area contributed by atoms with Crippen molar-refractivity contribution in [1.29, 1.82) is 0 Å². The van der Waals surface area contributed by atoms with Gasteiger partial charge in [-0.15, -0.1) is 0 Å². The van der Waals surface area contributed by atoms with Crippen LogP contribution in [0, 0.1) is 0 Å². The molecule has 0 aliphatic heterocycles. The maximum Gasteiger partial charge on any atom is 0.463 e. The molecule has 0 aliphatic rings. The van der Waals surface area contributed by atoms with Crippen molar-refractivity contribution in [2.24, 2.45) is 0 Å². The fourth-order valence-electron chi connectivity index (χ4n) is 0.443. The van der Waals surface area contributed by atoms with Crippen LogP contribution in [0.4, 0.5) is 0 Å². The fraction of sp³-hybridized carbons (Fsp3) is 0.200. The van der Waals surface area contributed by atoms with Crippen molar-refractivity contribution in [2.45, 2.75) is 5.75 Å². The molecule has 0 saturated heterocycles. The number of hydrogen-bond donors (Lipinski definition) is 0. The summed E-state index contributed by atoms with van der Waals surface area (Å²) < 4.78 is 14.6. The molecular formula is C5H5O2S+. The van der Waals surface area contributed by atoms with E-state index < -0.39 is 0 Å². The monoisotopic (exact) mass is 129 g/mol. The standard InChI is InChI=1S/C5H5O2S/c6-8-4-5-1-2-7-3-5/h1-3H,4H2/q+1. The lowest BCUT2D eigenvalue weighted by Crippen LogP contribution is -1.72. The van der Waals surface area contributed by atoms with Gasteiger partial charge < -0.3 is 4.42 Å². The third kappa shape index (κ3) is 1.13. The largest absolute Gasteiger partial charge is 0.472 e. The molecule has 0 bridgehead atoms. The molecule has 0 fully saturated rings. The molecule has 8 heavy (non-hydrogen) atoms. The van der Waals surface area contributed by atoms with Gasteiger partial charge in [-0.05, 0) is 6.07 Å². The van der Waals surface area contributed by atoms with Crippen LogP contribution in [-0.4, -0.2) is 0 Å². The van der Waals surface area contributed by atoms with Crippen LogP contribution in [0.3, 0.4) is 0 Å². The number of rotatable bonds is 2. The van der Waals surface area contributed by atoms with Crippen LogP contribution >= 0.6 is 0 Å². The van der Waals surface area contributed by atoms with E-state index in [2.05, 4.69) is 0 Å². The molecule has 0 spiro atoms. The molecule has 0 aliphatic carbocycles. The highest BCUT2D eigenvalue weighted by Gasteiger charge is 2.00. The van der Waals surface area contributed by atoms with E-state index in [1.807, 2.05) is 0 Å². The Labute approximate surface area is 51.0 Å². The van der Waals surface area contributed by atoms with E-state index in [0.29, 0.717) is 17.4 Å². The second-order valence-electron chi connectivity index (χ2n) is 1.39. The van der Waals surface area contributed by atoms with E-state index in [4.69, 9.17) is 4.42 Å². The molecule has 1 rings (SSSR count). The summed E-state index contributed by atoms with van der Waals surface area (Å²) in [6.45, 7) is 0. The van der Waals surface area contributed by atoms with Crippen LogP contribution < -0.4 is 0 Å². The van der Waals surface area contributed by atoms with Crippen LogP contribution in [0.1, 0.15) is 5.56 Å². The van der Waals surface area contributed by atoms with E-state index >= 15 is 0 Å². The van der Waals surface area contributed by atoms with Crippen LogP contribution in [0.25, 0.3) is 0 Å². The highest BCUT2D eigenvalue weighted by atomic mass is 32.1. The summed E-state index contributed by atoms with van der Waals surface area (Å²) in [6.07, 6.45) is 3.14. The quantitative estimate of drug-likeness (QED) is 0.562. The van der Waals surface area contributed by atoms with E-state index in [0.717, 1.165) is 5.56 Å². The van der Waals surface area contributed by atoms with Crippen LogP contribution in [0.5, 0.6) is 0 Å². The molecule has 3 heteroatoms. The molecule has 1 heterocycles. The third-order valence-electron chi connectivity index (χ3n) is 0.806. The van der Waals surface area contributed by atoms with Gasteiger partial charge in [0.05, 0.1) is 18.1 Å². The predicted molar refractivity (Wildman–Crippen MR) is 30.5 cm³/mol. The van der Waals surface area contributed by atoms with Crippen molar-refractivity contribution in [3.05, 3.63) is 24.2 Å². The van der Waals surface area contributed by atoms with Gasteiger partial charge in [-0.1, -0.05) is 0 Å². The summed E-state index contributed by atoms with van der Waals surface area (Å²) in [7, 11) is 0. The van der Waals surface area contributed by atoms with Gasteiger partial charge in [0.1, 0.15) is 0 Å². The molecule has 1 aromatic heterocycles. The van der Waals surface area contributed by atoms with E-state index in [-0.39, 0.29) is 0 Å². The Bertz CT molecular complexity index is 157. The molecule has 0 saturated carbocycles. The Balaban J connectivity index is 2.62. The average Bonchev–Trinajstić information content (AvgIpc) is 2.19. The zero-order valence-corrected chi connectivity index (χ0v) is 4.98. The summed E-state index contributed by atoms with van der Waals surface area (Å²) in [5.74, 6) is 0.497. The SMILES string of the molecule is O=[S+]Cc1ccoc1. The lowest BCUT2D eigenvalue weighted by Gasteiger charge is -1.65. The minimum absolute atomic E-state index is 0.497. The van der Waals surface area contributed by atoms with E-state index in [1.54, 1.807) is 18.6 Å². The van der Waals surface area contributed by atoms with Crippen molar-refractivity contribution in [2.75, 3.05) is 0 Å². The number of hydrogen-bond acceptors (Lipinski definition) is 2. The smallest absolute Gasteiger partial charge is 0.463 e. The lowest BCUT2D eigenvalue weighted by molar-refractivity contribution is 0.564. The average molecular weight is 129 g/mol. The maximum absolute atomic E-state index is 9.87. The Kier molecular flexibility index (Phi) is 1.75. The normalized spacial score (nSPS) is 9.00. The van der Waals surface area contributed by atoms with Crippen molar-refractivity contribution in [3.63, 3.8) is 0 Å². The summed E-state index contributed by atoms with van der Waals surface area (Å²) in [5.41, 5.74) is 0.949. The first-order chi connectivity index (χ1) is 3.93. The van der Waals surface area contributed by atoms with E-state index in [1.165, 1.54) is 0 Å². The highest BCUT2D eigenvalue weighted by molar-refractivity contribution is 7.64. The Morgan fingerprint density at radius 1 is 1.75 bits per heavy atom. The summed E-state index contributed by atoms with van der Waals surface area (Å²) in [6, 6.07) is 1.78. The van der Waals surface area contributed by atoms with Crippen molar-refractivity contribution < 1.29 is 8.63 Å². The molecule has 0 N–H and O–H groups in total. The van der Waals surface area contributed by atoms with Crippen molar-refractivity contribution >= 4 is 11.7 Å². The zero-order valence-electron chi connectivity index (χ0n) is 4.16. The molecule has 0 amide bonds. The van der Waals surface area contributed by atoms with Gasteiger partial charge in [0.2, 0.25) is 0 Å². The first-order valence-corrected chi connectivity index (χ1v) is 3.10. The van der Waals surface area contributed by atoms with Gasteiger partial charge in [-0.3, -0.25) is 0 Å². The number of furan rings is 1. The minimum atomic E-state index is 0.497.